The molecule has 0 radical (unpaired) electrons. The number of carbonyl (C=O) groups is 1. The summed E-state index contributed by atoms with van der Waals surface area (Å²) in [7, 11) is 0. The van der Waals surface area contributed by atoms with E-state index in [9.17, 15) is 14.7 Å². The molecule has 0 spiro atoms. The van der Waals surface area contributed by atoms with Gasteiger partial charge in [-0.1, -0.05) is 25.7 Å². The molecule has 5 heteroatoms. The largest absolute Gasteiger partial charge is 0.388 e. The number of aromatic amines is 1. The third kappa shape index (κ3) is 3.70. The van der Waals surface area contributed by atoms with Crippen LogP contribution in [0.15, 0.2) is 17.1 Å². The lowest BCUT2D eigenvalue weighted by atomic mass is 9.94. The Morgan fingerprint density at radius 2 is 2.00 bits per heavy atom. The minimum Gasteiger partial charge on any atom is -0.388 e. The standard InChI is InChI=1S/C15H22N2O3/c1-11-8-13(18)12(9-16-11)14(19)17-10-15(20)6-4-2-3-5-7-15/h8-9,20H,2-7,10H2,1H3,(H,16,18)(H,17,19). The van der Waals surface area contributed by atoms with Crippen LogP contribution in [0.4, 0.5) is 0 Å². The Morgan fingerprint density at radius 3 is 2.60 bits per heavy atom. The maximum absolute atomic E-state index is 12.0. The van der Waals surface area contributed by atoms with E-state index in [2.05, 4.69) is 10.3 Å². The first-order valence-corrected chi connectivity index (χ1v) is 7.20. The average molecular weight is 278 g/mol. The number of nitrogens with one attached hydrogen (secondary N) is 2. The van der Waals surface area contributed by atoms with Gasteiger partial charge in [0.25, 0.3) is 5.91 Å². The highest BCUT2D eigenvalue weighted by atomic mass is 16.3. The quantitative estimate of drug-likeness (QED) is 0.733. The van der Waals surface area contributed by atoms with Gasteiger partial charge in [0.05, 0.1) is 5.60 Å². The molecule has 1 aliphatic rings. The average Bonchev–Trinajstić information content (AvgIpc) is 2.61. The van der Waals surface area contributed by atoms with Gasteiger partial charge in [-0.25, -0.2) is 0 Å². The molecule has 5 nitrogen and oxygen atoms in total. The SMILES string of the molecule is Cc1cc(=O)c(C(=O)NCC2(O)CCCCCC2)c[nH]1. The van der Waals surface area contributed by atoms with Crippen LogP contribution in [0.3, 0.4) is 0 Å². The molecule has 2 rings (SSSR count). The first-order valence-electron chi connectivity index (χ1n) is 7.20. The van der Waals surface area contributed by atoms with E-state index in [4.69, 9.17) is 0 Å². The summed E-state index contributed by atoms with van der Waals surface area (Å²) in [6, 6.07) is 1.40. The van der Waals surface area contributed by atoms with Gasteiger partial charge in [0, 0.05) is 24.5 Å². The number of pyridine rings is 1. The topological polar surface area (TPSA) is 82.2 Å². The second-order valence-corrected chi connectivity index (χ2v) is 5.72. The molecule has 1 fully saturated rings. The number of rotatable bonds is 3. The zero-order valence-corrected chi connectivity index (χ0v) is 11.9. The Bertz CT molecular complexity index is 528. The summed E-state index contributed by atoms with van der Waals surface area (Å²) < 4.78 is 0. The molecule has 3 N–H and O–H groups in total. The fraction of sp³-hybridized carbons (Fsp3) is 0.600. The molecule has 1 aliphatic carbocycles. The molecule has 1 saturated carbocycles. The lowest BCUT2D eigenvalue weighted by molar-refractivity contribution is 0.0246. The fourth-order valence-corrected chi connectivity index (χ4v) is 2.65. The fourth-order valence-electron chi connectivity index (χ4n) is 2.65. The zero-order chi connectivity index (χ0) is 14.6. The Morgan fingerprint density at radius 1 is 1.35 bits per heavy atom. The Labute approximate surface area is 118 Å². The van der Waals surface area contributed by atoms with E-state index in [1.54, 1.807) is 6.92 Å². The molecule has 0 atom stereocenters. The second kappa shape index (κ2) is 6.22. The van der Waals surface area contributed by atoms with Crippen molar-refractivity contribution >= 4 is 5.91 Å². The van der Waals surface area contributed by atoms with Crippen LogP contribution < -0.4 is 10.7 Å². The molecule has 0 saturated heterocycles. The summed E-state index contributed by atoms with van der Waals surface area (Å²) >= 11 is 0. The molecule has 1 aromatic heterocycles. The molecular formula is C15H22N2O3. The first-order chi connectivity index (χ1) is 9.50. The van der Waals surface area contributed by atoms with Crippen LogP contribution in [0.2, 0.25) is 0 Å². The van der Waals surface area contributed by atoms with Crippen molar-refractivity contribution in [2.45, 2.75) is 51.0 Å². The monoisotopic (exact) mass is 278 g/mol. The summed E-state index contributed by atoms with van der Waals surface area (Å²) in [6.45, 7) is 1.97. The van der Waals surface area contributed by atoms with Crippen LogP contribution in [0.25, 0.3) is 0 Å². The number of amides is 1. The minimum absolute atomic E-state index is 0.0906. The van der Waals surface area contributed by atoms with Crippen molar-refractivity contribution in [3.63, 3.8) is 0 Å². The van der Waals surface area contributed by atoms with Crippen molar-refractivity contribution in [2.24, 2.45) is 0 Å². The first kappa shape index (κ1) is 14.8. The van der Waals surface area contributed by atoms with E-state index >= 15 is 0 Å². The van der Waals surface area contributed by atoms with Crippen molar-refractivity contribution in [1.82, 2.24) is 10.3 Å². The number of aromatic nitrogens is 1. The molecule has 20 heavy (non-hydrogen) atoms. The van der Waals surface area contributed by atoms with Crippen LogP contribution in [-0.4, -0.2) is 28.1 Å². The van der Waals surface area contributed by atoms with Gasteiger partial charge in [0.1, 0.15) is 5.56 Å². The Kier molecular flexibility index (Phi) is 4.60. The second-order valence-electron chi connectivity index (χ2n) is 5.72. The number of hydrogen-bond acceptors (Lipinski definition) is 3. The summed E-state index contributed by atoms with van der Waals surface area (Å²) in [5.74, 6) is -0.427. The number of aliphatic hydroxyl groups is 1. The van der Waals surface area contributed by atoms with Crippen LogP contribution in [-0.2, 0) is 0 Å². The maximum atomic E-state index is 12.0. The molecule has 0 aliphatic heterocycles. The van der Waals surface area contributed by atoms with E-state index in [1.807, 2.05) is 0 Å². The lowest BCUT2D eigenvalue weighted by Crippen LogP contribution is -2.43. The van der Waals surface area contributed by atoms with Gasteiger partial charge in [-0.05, 0) is 19.8 Å². The highest BCUT2D eigenvalue weighted by molar-refractivity contribution is 5.93. The van der Waals surface area contributed by atoms with E-state index < -0.39 is 11.5 Å². The predicted molar refractivity (Wildman–Crippen MR) is 76.8 cm³/mol. The molecule has 1 amide bonds. The molecule has 110 valence electrons. The van der Waals surface area contributed by atoms with Gasteiger partial charge in [-0.2, -0.15) is 0 Å². The van der Waals surface area contributed by atoms with Gasteiger partial charge < -0.3 is 15.4 Å². The van der Waals surface area contributed by atoms with Gasteiger partial charge in [-0.3, -0.25) is 9.59 Å². The molecule has 0 bridgehead atoms. The van der Waals surface area contributed by atoms with Crippen LogP contribution in [0.5, 0.6) is 0 Å². The number of carbonyl (C=O) groups excluding carboxylic acids is 1. The maximum Gasteiger partial charge on any atom is 0.256 e. The molecular weight excluding hydrogens is 256 g/mol. The third-order valence-corrected chi connectivity index (χ3v) is 3.91. The van der Waals surface area contributed by atoms with E-state index in [0.717, 1.165) is 25.7 Å². The Balaban J connectivity index is 1.99. The minimum atomic E-state index is -0.830. The van der Waals surface area contributed by atoms with Crippen molar-refractivity contribution in [3.8, 4) is 0 Å². The van der Waals surface area contributed by atoms with Crippen molar-refractivity contribution in [2.75, 3.05) is 6.54 Å². The van der Waals surface area contributed by atoms with Crippen LogP contribution in [0.1, 0.15) is 54.6 Å². The zero-order valence-electron chi connectivity index (χ0n) is 11.9. The number of hydrogen-bond donors (Lipinski definition) is 3. The van der Waals surface area contributed by atoms with Gasteiger partial charge in [0.2, 0.25) is 0 Å². The van der Waals surface area contributed by atoms with E-state index in [0.29, 0.717) is 18.5 Å². The number of H-pyrrole nitrogens is 1. The van der Waals surface area contributed by atoms with Crippen molar-refractivity contribution < 1.29 is 9.90 Å². The van der Waals surface area contributed by atoms with Crippen molar-refractivity contribution in [1.29, 1.82) is 0 Å². The van der Waals surface area contributed by atoms with E-state index in [-0.39, 0.29) is 17.5 Å². The van der Waals surface area contributed by atoms with Crippen LogP contribution >= 0.6 is 0 Å². The summed E-state index contributed by atoms with van der Waals surface area (Å²) in [4.78, 5) is 26.6. The third-order valence-electron chi connectivity index (χ3n) is 3.91. The van der Waals surface area contributed by atoms with E-state index in [1.165, 1.54) is 12.3 Å². The summed E-state index contributed by atoms with van der Waals surface area (Å²) in [5.41, 5.74) is -0.322. The highest BCUT2D eigenvalue weighted by Crippen LogP contribution is 2.26. The molecule has 0 unspecified atom stereocenters. The van der Waals surface area contributed by atoms with Gasteiger partial charge >= 0.3 is 0 Å². The summed E-state index contributed by atoms with van der Waals surface area (Å²) in [6.07, 6.45) is 7.07. The molecule has 1 aromatic rings. The number of aryl methyl sites for hydroxylation is 1. The summed E-state index contributed by atoms with van der Waals surface area (Å²) in [5, 5.41) is 13.1. The molecule has 0 aromatic carbocycles. The predicted octanol–water partition coefficient (Wildman–Crippen LogP) is 1.50. The smallest absolute Gasteiger partial charge is 0.256 e. The van der Waals surface area contributed by atoms with Gasteiger partial charge in [0.15, 0.2) is 5.43 Å². The van der Waals surface area contributed by atoms with Crippen LogP contribution in [0, 0.1) is 6.92 Å². The highest BCUT2D eigenvalue weighted by Gasteiger charge is 2.28. The van der Waals surface area contributed by atoms with Gasteiger partial charge in [-0.15, -0.1) is 0 Å². The lowest BCUT2D eigenvalue weighted by Gasteiger charge is -2.26. The Hall–Kier alpha value is -1.62. The molecule has 1 heterocycles. The van der Waals surface area contributed by atoms with Crippen molar-refractivity contribution in [3.05, 3.63) is 33.7 Å². The normalized spacial score (nSPS) is 18.3.